The van der Waals surface area contributed by atoms with Crippen molar-refractivity contribution in [1.29, 1.82) is 0 Å². The first kappa shape index (κ1) is 12.2. The normalized spacial score (nSPS) is 10.1. The number of ether oxygens (including phenoxy) is 1. The standard InChI is InChI=1S/C15H12N4O/c1-10-8-17-15-14(10)19-12(9-18-15)4-3-11-5-6-16-13(7-11)20-2/h5-9H,1-2H3,(H,17,18). The fourth-order valence-corrected chi connectivity index (χ4v) is 1.81. The Hall–Kier alpha value is -2.87. The molecule has 3 heterocycles. The first-order valence-electron chi connectivity index (χ1n) is 6.09. The Labute approximate surface area is 116 Å². The van der Waals surface area contributed by atoms with Crippen molar-refractivity contribution in [3.05, 3.63) is 47.5 Å². The number of rotatable bonds is 1. The van der Waals surface area contributed by atoms with Gasteiger partial charge in [0.05, 0.1) is 13.3 Å². The fraction of sp³-hybridized carbons (Fsp3) is 0.133. The van der Waals surface area contributed by atoms with E-state index in [4.69, 9.17) is 4.74 Å². The van der Waals surface area contributed by atoms with E-state index in [-0.39, 0.29) is 0 Å². The molecule has 0 amide bonds. The molecule has 5 nitrogen and oxygen atoms in total. The molecule has 0 aliphatic heterocycles. The van der Waals surface area contributed by atoms with E-state index in [0.29, 0.717) is 11.6 Å². The molecule has 0 saturated heterocycles. The minimum absolute atomic E-state index is 0.541. The maximum atomic E-state index is 5.06. The summed E-state index contributed by atoms with van der Waals surface area (Å²) in [5.41, 5.74) is 4.14. The van der Waals surface area contributed by atoms with Crippen LogP contribution >= 0.6 is 0 Å². The second kappa shape index (κ2) is 5.02. The van der Waals surface area contributed by atoms with Gasteiger partial charge in [-0.15, -0.1) is 0 Å². The molecule has 3 aromatic heterocycles. The summed E-state index contributed by atoms with van der Waals surface area (Å²) in [4.78, 5) is 15.9. The van der Waals surface area contributed by atoms with Gasteiger partial charge in [-0.1, -0.05) is 5.92 Å². The van der Waals surface area contributed by atoms with Gasteiger partial charge in [-0.05, 0) is 24.5 Å². The predicted octanol–water partition coefficient (Wildman–Crippen LogP) is 2.07. The predicted molar refractivity (Wildman–Crippen MR) is 75.4 cm³/mol. The van der Waals surface area contributed by atoms with Crippen LogP contribution in [0.15, 0.2) is 30.7 Å². The van der Waals surface area contributed by atoms with Crippen LogP contribution in [0.5, 0.6) is 5.88 Å². The van der Waals surface area contributed by atoms with Gasteiger partial charge in [0.15, 0.2) is 5.65 Å². The van der Waals surface area contributed by atoms with Crippen molar-refractivity contribution in [2.24, 2.45) is 0 Å². The van der Waals surface area contributed by atoms with E-state index in [1.54, 1.807) is 25.6 Å². The Balaban J connectivity index is 1.96. The summed E-state index contributed by atoms with van der Waals surface area (Å²) < 4.78 is 5.06. The summed E-state index contributed by atoms with van der Waals surface area (Å²) in [7, 11) is 1.58. The van der Waals surface area contributed by atoms with Crippen molar-refractivity contribution in [3.8, 4) is 17.7 Å². The number of pyridine rings is 1. The summed E-state index contributed by atoms with van der Waals surface area (Å²) >= 11 is 0. The van der Waals surface area contributed by atoms with Gasteiger partial charge in [-0.25, -0.2) is 15.0 Å². The minimum Gasteiger partial charge on any atom is -0.481 e. The van der Waals surface area contributed by atoms with Crippen molar-refractivity contribution < 1.29 is 4.74 Å². The van der Waals surface area contributed by atoms with Gasteiger partial charge >= 0.3 is 0 Å². The second-order valence-corrected chi connectivity index (χ2v) is 4.26. The number of hydrogen-bond donors (Lipinski definition) is 1. The van der Waals surface area contributed by atoms with E-state index < -0.39 is 0 Å². The molecule has 0 bridgehead atoms. The van der Waals surface area contributed by atoms with E-state index in [9.17, 15) is 0 Å². The van der Waals surface area contributed by atoms with Crippen molar-refractivity contribution in [1.82, 2.24) is 19.9 Å². The molecule has 0 aliphatic rings. The molecule has 0 fully saturated rings. The SMILES string of the molecule is COc1cc(C#Cc2cnc3[nH]cc(C)c3n2)ccn1. The summed E-state index contributed by atoms with van der Waals surface area (Å²) in [5, 5.41) is 0. The average molecular weight is 264 g/mol. The van der Waals surface area contributed by atoms with Gasteiger partial charge in [0.25, 0.3) is 0 Å². The number of aryl methyl sites for hydroxylation is 1. The molecule has 0 atom stereocenters. The number of H-pyrrole nitrogens is 1. The van der Waals surface area contributed by atoms with Crippen molar-refractivity contribution in [3.63, 3.8) is 0 Å². The Kier molecular flexibility index (Phi) is 3.05. The Bertz CT molecular complexity index is 826. The number of aromatic amines is 1. The largest absolute Gasteiger partial charge is 0.481 e. The molecule has 3 rings (SSSR count). The lowest BCUT2D eigenvalue weighted by atomic mass is 10.2. The van der Waals surface area contributed by atoms with Crippen molar-refractivity contribution >= 4 is 11.2 Å². The second-order valence-electron chi connectivity index (χ2n) is 4.26. The topological polar surface area (TPSA) is 63.7 Å². The monoisotopic (exact) mass is 264 g/mol. The summed E-state index contributed by atoms with van der Waals surface area (Å²) in [6.45, 7) is 1.98. The van der Waals surface area contributed by atoms with Crippen LogP contribution < -0.4 is 4.74 Å². The smallest absolute Gasteiger partial charge is 0.214 e. The molecular formula is C15H12N4O. The summed E-state index contributed by atoms with van der Waals surface area (Å²) in [5.74, 6) is 6.57. The number of hydrogen-bond acceptors (Lipinski definition) is 4. The third-order valence-electron chi connectivity index (χ3n) is 2.85. The first-order chi connectivity index (χ1) is 9.76. The molecule has 20 heavy (non-hydrogen) atoms. The van der Waals surface area contributed by atoms with Gasteiger partial charge in [-0.3, -0.25) is 0 Å². The Morgan fingerprint density at radius 2 is 2.15 bits per heavy atom. The molecule has 0 saturated carbocycles. The van der Waals surface area contributed by atoms with E-state index >= 15 is 0 Å². The number of fused-ring (bicyclic) bond motifs is 1. The highest BCUT2D eigenvalue weighted by Gasteiger charge is 2.02. The molecule has 0 unspecified atom stereocenters. The van der Waals surface area contributed by atoms with Gasteiger partial charge in [0.1, 0.15) is 11.2 Å². The zero-order valence-corrected chi connectivity index (χ0v) is 11.1. The minimum atomic E-state index is 0.541. The van der Waals surface area contributed by atoms with Crippen molar-refractivity contribution in [2.75, 3.05) is 7.11 Å². The molecule has 5 heteroatoms. The van der Waals surface area contributed by atoms with Gasteiger partial charge < -0.3 is 9.72 Å². The maximum Gasteiger partial charge on any atom is 0.214 e. The molecule has 98 valence electrons. The fourth-order valence-electron chi connectivity index (χ4n) is 1.81. The van der Waals surface area contributed by atoms with E-state index in [1.165, 1.54) is 0 Å². The highest BCUT2D eigenvalue weighted by molar-refractivity contribution is 5.74. The highest BCUT2D eigenvalue weighted by atomic mass is 16.5. The quantitative estimate of drug-likeness (QED) is 0.683. The van der Waals surface area contributed by atoms with Crippen LogP contribution in [0, 0.1) is 18.8 Å². The van der Waals surface area contributed by atoms with E-state index in [2.05, 4.69) is 31.8 Å². The average Bonchev–Trinajstić information content (AvgIpc) is 2.86. The van der Waals surface area contributed by atoms with E-state index in [0.717, 1.165) is 22.3 Å². The lowest BCUT2D eigenvalue weighted by Gasteiger charge is -1.97. The molecule has 3 aromatic rings. The lowest BCUT2D eigenvalue weighted by molar-refractivity contribution is 0.398. The van der Waals surface area contributed by atoms with Crippen LogP contribution in [-0.2, 0) is 0 Å². The van der Waals surface area contributed by atoms with E-state index in [1.807, 2.05) is 19.2 Å². The molecular weight excluding hydrogens is 252 g/mol. The molecule has 0 aliphatic carbocycles. The van der Waals surface area contributed by atoms with Crippen LogP contribution in [0.3, 0.4) is 0 Å². The molecule has 0 spiro atoms. The van der Waals surface area contributed by atoms with Crippen molar-refractivity contribution in [2.45, 2.75) is 6.92 Å². The number of methoxy groups -OCH3 is 1. The number of nitrogens with one attached hydrogen (secondary N) is 1. The lowest BCUT2D eigenvalue weighted by Crippen LogP contribution is -1.89. The van der Waals surface area contributed by atoms with Crippen LogP contribution in [0.25, 0.3) is 11.2 Å². The Morgan fingerprint density at radius 1 is 1.25 bits per heavy atom. The Morgan fingerprint density at radius 3 is 3.00 bits per heavy atom. The molecule has 1 N–H and O–H groups in total. The number of aromatic nitrogens is 4. The van der Waals surface area contributed by atoms with Crippen LogP contribution in [0.4, 0.5) is 0 Å². The summed E-state index contributed by atoms with van der Waals surface area (Å²) in [6, 6.07) is 3.60. The summed E-state index contributed by atoms with van der Waals surface area (Å²) in [6.07, 6.45) is 5.20. The highest BCUT2D eigenvalue weighted by Crippen LogP contribution is 2.12. The van der Waals surface area contributed by atoms with Crippen LogP contribution in [0.2, 0.25) is 0 Å². The molecule has 0 aromatic carbocycles. The van der Waals surface area contributed by atoms with Gasteiger partial charge in [0.2, 0.25) is 5.88 Å². The third-order valence-corrected chi connectivity index (χ3v) is 2.85. The van der Waals surface area contributed by atoms with Gasteiger partial charge in [-0.2, -0.15) is 0 Å². The third kappa shape index (κ3) is 2.31. The van der Waals surface area contributed by atoms with Crippen LogP contribution in [0.1, 0.15) is 16.8 Å². The van der Waals surface area contributed by atoms with Crippen LogP contribution in [-0.4, -0.2) is 27.0 Å². The zero-order chi connectivity index (χ0) is 13.9. The number of nitrogens with zero attached hydrogens (tertiary/aromatic N) is 3. The zero-order valence-electron chi connectivity index (χ0n) is 11.1. The molecule has 0 radical (unpaired) electrons. The van der Waals surface area contributed by atoms with Gasteiger partial charge in [0, 0.05) is 24.0 Å². The first-order valence-corrected chi connectivity index (χ1v) is 6.09. The maximum absolute atomic E-state index is 5.06.